The van der Waals surface area contributed by atoms with Gasteiger partial charge in [0, 0.05) is 61.2 Å². The lowest BCUT2D eigenvalue weighted by Gasteiger charge is -2.30. The van der Waals surface area contributed by atoms with Crippen LogP contribution < -0.4 is 5.56 Å². The lowest BCUT2D eigenvalue weighted by Crippen LogP contribution is -2.35. The highest BCUT2D eigenvalue weighted by Gasteiger charge is 2.33. The van der Waals surface area contributed by atoms with E-state index in [1.165, 1.54) is 40.8 Å². The molecule has 0 bridgehead atoms. The van der Waals surface area contributed by atoms with Gasteiger partial charge in [0.15, 0.2) is 0 Å². The fourth-order valence-electron chi connectivity index (χ4n) is 5.33. The molecular formula is C25H23ClF3N5O. The third-order valence-electron chi connectivity index (χ3n) is 7.10. The summed E-state index contributed by atoms with van der Waals surface area (Å²) in [6.45, 7) is 2.08. The molecule has 2 aliphatic heterocycles. The molecular weight excluding hydrogens is 479 g/mol. The Morgan fingerprint density at radius 2 is 1.91 bits per heavy atom. The number of aromatic nitrogens is 4. The van der Waals surface area contributed by atoms with Crippen molar-refractivity contribution in [3.05, 3.63) is 76.1 Å². The van der Waals surface area contributed by atoms with Crippen molar-refractivity contribution in [1.29, 1.82) is 0 Å². The van der Waals surface area contributed by atoms with E-state index in [-0.39, 0.29) is 18.0 Å². The summed E-state index contributed by atoms with van der Waals surface area (Å²) in [5.74, 6) is 0.507. The SMILES string of the molecule is Cl.Cn1c2c(c3ccc(-n4ccc(-c5ccc(C(F)(F)F)nc5)cc4=O)nc31)CN1CCCC1C2. The molecule has 182 valence electrons. The van der Waals surface area contributed by atoms with Gasteiger partial charge in [0.25, 0.3) is 5.56 Å². The summed E-state index contributed by atoms with van der Waals surface area (Å²) in [6, 6.07) is 9.79. The number of rotatable bonds is 2. The van der Waals surface area contributed by atoms with Gasteiger partial charge in [0.1, 0.15) is 17.2 Å². The van der Waals surface area contributed by atoms with Gasteiger partial charge in [-0.05, 0) is 54.8 Å². The van der Waals surface area contributed by atoms with Gasteiger partial charge >= 0.3 is 6.18 Å². The van der Waals surface area contributed by atoms with Crippen molar-refractivity contribution in [2.45, 2.75) is 38.0 Å². The summed E-state index contributed by atoms with van der Waals surface area (Å²) in [7, 11) is 2.03. The molecule has 1 fully saturated rings. The molecule has 0 radical (unpaired) electrons. The number of aryl methyl sites for hydroxylation is 1. The fourth-order valence-corrected chi connectivity index (χ4v) is 5.33. The molecule has 0 amide bonds. The second-order valence-electron chi connectivity index (χ2n) is 9.05. The lowest BCUT2D eigenvalue weighted by molar-refractivity contribution is -0.141. The van der Waals surface area contributed by atoms with E-state index < -0.39 is 11.9 Å². The van der Waals surface area contributed by atoms with E-state index in [4.69, 9.17) is 4.98 Å². The fraction of sp³-hybridized carbons (Fsp3) is 0.320. The second kappa shape index (κ2) is 8.49. The summed E-state index contributed by atoms with van der Waals surface area (Å²) in [5, 5.41) is 1.12. The highest BCUT2D eigenvalue weighted by atomic mass is 35.5. The Hall–Kier alpha value is -3.17. The van der Waals surface area contributed by atoms with Gasteiger partial charge in [-0.2, -0.15) is 13.2 Å². The second-order valence-corrected chi connectivity index (χ2v) is 9.05. The van der Waals surface area contributed by atoms with Crippen LogP contribution in [-0.4, -0.2) is 36.6 Å². The number of alkyl halides is 3. The molecule has 0 spiro atoms. The van der Waals surface area contributed by atoms with Gasteiger partial charge in [-0.15, -0.1) is 12.4 Å². The average Bonchev–Trinajstić information content (AvgIpc) is 3.39. The monoisotopic (exact) mass is 501 g/mol. The molecule has 6 heterocycles. The van der Waals surface area contributed by atoms with Crippen molar-refractivity contribution in [1.82, 2.24) is 24.0 Å². The summed E-state index contributed by atoms with van der Waals surface area (Å²) >= 11 is 0. The maximum Gasteiger partial charge on any atom is 0.433 e. The van der Waals surface area contributed by atoms with Crippen LogP contribution in [0.5, 0.6) is 0 Å². The Balaban J connectivity index is 0.00000253. The van der Waals surface area contributed by atoms with E-state index in [9.17, 15) is 18.0 Å². The van der Waals surface area contributed by atoms with Crippen molar-refractivity contribution < 1.29 is 13.2 Å². The quantitative estimate of drug-likeness (QED) is 0.398. The number of halogens is 4. The maximum atomic E-state index is 12.9. The van der Waals surface area contributed by atoms with Crippen molar-refractivity contribution >= 4 is 23.4 Å². The Morgan fingerprint density at radius 1 is 1.09 bits per heavy atom. The van der Waals surface area contributed by atoms with Crippen LogP contribution in [0.15, 0.2) is 53.6 Å². The highest BCUT2D eigenvalue weighted by molar-refractivity contribution is 5.85. The molecule has 2 aliphatic rings. The molecule has 6 nitrogen and oxygen atoms in total. The van der Waals surface area contributed by atoms with Gasteiger partial charge in [0.2, 0.25) is 0 Å². The first-order valence-electron chi connectivity index (χ1n) is 11.3. The molecule has 35 heavy (non-hydrogen) atoms. The van der Waals surface area contributed by atoms with Crippen molar-refractivity contribution in [2.75, 3.05) is 6.54 Å². The van der Waals surface area contributed by atoms with Crippen LogP contribution in [0.1, 0.15) is 29.8 Å². The normalized spacial score (nSPS) is 17.8. The minimum absolute atomic E-state index is 0. The molecule has 0 aliphatic carbocycles. The Bertz CT molecular complexity index is 1480. The summed E-state index contributed by atoms with van der Waals surface area (Å²) in [4.78, 5) is 23.7. The molecule has 1 atom stereocenters. The average molecular weight is 502 g/mol. The maximum absolute atomic E-state index is 12.9. The molecule has 1 saturated heterocycles. The molecule has 0 N–H and O–H groups in total. The number of fused-ring (bicyclic) bond motifs is 4. The largest absolute Gasteiger partial charge is 0.433 e. The van der Waals surface area contributed by atoms with Crippen molar-refractivity contribution in [2.24, 2.45) is 7.05 Å². The number of hydrogen-bond acceptors (Lipinski definition) is 4. The smallest absolute Gasteiger partial charge is 0.332 e. The van der Waals surface area contributed by atoms with Crippen LogP contribution in [0.25, 0.3) is 28.0 Å². The van der Waals surface area contributed by atoms with Gasteiger partial charge < -0.3 is 4.57 Å². The van der Waals surface area contributed by atoms with Crippen molar-refractivity contribution in [3.8, 4) is 16.9 Å². The molecule has 4 aromatic heterocycles. The van der Waals surface area contributed by atoms with Crippen LogP contribution in [0.3, 0.4) is 0 Å². The summed E-state index contributed by atoms with van der Waals surface area (Å²) in [5.41, 5.74) is 3.16. The summed E-state index contributed by atoms with van der Waals surface area (Å²) < 4.78 is 41.9. The molecule has 10 heteroatoms. The van der Waals surface area contributed by atoms with Crippen LogP contribution in [0.4, 0.5) is 13.2 Å². The molecule has 4 aromatic rings. The van der Waals surface area contributed by atoms with E-state index in [1.807, 2.05) is 19.2 Å². The third-order valence-corrected chi connectivity index (χ3v) is 7.10. The molecule has 6 rings (SSSR count). The molecule has 0 aromatic carbocycles. The van der Waals surface area contributed by atoms with Gasteiger partial charge in [0.05, 0.1) is 0 Å². The first-order chi connectivity index (χ1) is 16.3. The Morgan fingerprint density at radius 3 is 2.63 bits per heavy atom. The zero-order valence-corrected chi connectivity index (χ0v) is 19.7. The van der Waals surface area contributed by atoms with Gasteiger partial charge in [-0.3, -0.25) is 19.2 Å². The predicted molar refractivity (Wildman–Crippen MR) is 129 cm³/mol. The topological polar surface area (TPSA) is 56.0 Å². The van der Waals surface area contributed by atoms with E-state index >= 15 is 0 Å². The minimum Gasteiger partial charge on any atom is -0.332 e. The van der Waals surface area contributed by atoms with E-state index in [1.54, 1.807) is 12.3 Å². The zero-order valence-electron chi connectivity index (χ0n) is 18.9. The van der Waals surface area contributed by atoms with Gasteiger partial charge in [-0.25, -0.2) is 4.98 Å². The van der Waals surface area contributed by atoms with E-state index in [2.05, 4.69) is 14.5 Å². The van der Waals surface area contributed by atoms with Crippen LogP contribution >= 0.6 is 12.4 Å². The number of nitrogens with zero attached hydrogens (tertiary/aromatic N) is 5. The Labute approximate surface area is 205 Å². The molecule has 0 saturated carbocycles. The minimum atomic E-state index is -4.50. The lowest BCUT2D eigenvalue weighted by atomic mass is 9.99. The van der Waals surface area contributed by atoms with Crippen LogP contribution in [0.2, 0.25) is 0 Å². The number of pyridine rings is 3. The zero-order chi connectivity index (χ0) is 23.6. The predicted octanol–water partition coefficient (Wildman–Crippen LogP) is 4.75. The first kappa shape index (κ1) is 23.6. The highest BCUT2D eigenvalue weighted by Crippen LogP contribution is 2.35. The van der Waals surface area contributed by atoms with Gasteiger partial charge in [-0.1, -0.05) is 6.07 Å². The van der Waals surface area contributed by atoms with Crippen molar-refractivity contribution in [3.63, 3.8) is 0 Å². The summed E-state index contributed by atoms with van der Waals surface area (Å²) in [6.07, 6.45) is 1.73. The standard InChI is InChI=1S/C25H22F3N5O.ClH/c1-31-20-12-17-3-2-9-32(17)14-19(20)18-5-7-22(30-24(18)31)33-10-8-15(11-23(33)34)16-4-6-21(29-13-16)25(26,27)28;/h4-8,10-11,13,17H,2-3,9,12,14H2,1H3;1H. The molecule has 1 unspecified atom stereocenters. The number of hydrogen-bond donors (Lipinski definition) is 0. The van der Waals surface area contributed by atoms with E-state index in [0.717, 1.165) is 42.8 Å². The van der Waals surface area contributed by atoms with E-state index in [0.29, 0.717) is 23.0 Å². The van der Waals surface area contributed by atoms with Crippen LogP contribution in [-0.2, 0) is 26.2 Å². The van der Waals surface area contributed by atoms with Crippen LogP contribution in [0, 0.1) is 0 Å². The Kier molecular flexibility index (Phi) is 5.72. The third kappa shape index (κ3) is 3.92. The first-order valence-corrected chi connectivity index (χ1v) is 11.3.